The predicted octanol–water partition coefficient (Wildman–Crippen LogP) is 2.60. The van der Waals surface area contributed by atoms with Gasteiger partial charge in [0, 0.05) is 0 Å². The lowest BCUT2D eigenvalue weighted by Crippen LogP contribution is -2.32. The number of hydrogen-bond donors (Lipinski definition) is 1. The van der Waals surface area contributed by atoms with Crippen molar-refractivity contribution in [1.82, 2.24) is 0 Å². The van der Waals surface area contributed by atoms with Gasteiger partial charge in [0.25, 0.3) is 0 Å². The Bertz CT molecular complexity index is 409. The summed E-state index contributed by atoms with van der Waals surface area (Å²) < 4.78 is 11.5. The van der Waals surface area contributed by atoms with E-state index in [1.807, 2.05) is 56.3 Å². The van der Waals surface area contributed by atoms with Crippen molar-refractivity contribution in [3.8, 4) is 0 Å². The van der Waals surface area contributed by atoms with Gasteiger partial charge in [0.05, 0.1) is 6.10 Å². The molecule has 1 aliphatic rings. The van der Waals surface area contributed by atoms with Crippen LogP contribution in [0.3, 0.4) is 0 Å². The first-order chi connectivity index (χ1) is 8.48. The maximum Gasteiger partial charge on any atom is 0.164 e. The average molecular weight is 248 g/mol. The van der Waals surface area contributed by atoms with Crippen LogP contribution in [0.5, 0.6) is 0 Å². The second-order valence-electron chi connectivity index (χ2n) is 5.08. The summed E-state index contributed by atoms with van der Waals surface area (Å²) in [5.41, 5.74) is 1.11. The van der Waals surface area contributed by atoms with Crippen molar-refractivity contribution in [2.24, 2.45) is 0 Å². The summed E-state index contributed by atoms with van der Waals surface area (Å²) >= 11 is 0. The third-order valence-corrected chi connectivity index (χ3v) is 2.92. The van der Waals surface area contributed by atoms with Crippen LogP contribution in [0.2, 0.25) is 0 Å². The van der Waals surface area contributed by atoms with E-state index in [9.17, 15) is 5.11 Å². The van der Waals surface area contributed by atoms with Crippen molar-refractivity contribution >= 4 is 6.08 Å². The zero-order chi connectivity index (χ0) is 13.2. The van der Waals surface area contributed by atoms with Crippen LogP contribution >= 0.6 is 0 Å². The molecule has 0 amide bonds. The molecule has 0 saturated carbocycles. The largest absolute Gasteiger partial charge is 0.391 e. The number of hydrogen-bond acceptors (Lipinski definition) is 3. The molecule has 0 spiro atoms. The second-order valence-corrected chi connectivity index (χ2v) is 5.08. The monoisotopic (exact) mass is 248 g/mol. The summed E-state index contributed by atoms with van der Waals surface area (Å²) in [5, 5.41) is 9.71. The fourth-order valence-electron chi connectivity index (χ4n) is 2.11. The zero-order valence-corrected chi connectivity index (χ0v) is 11.0. The number of aliphatic hydroxyl groups is 1. The molecule has 1 N–H and O–H groups in total. The van der Waals surface area contributed by atoms with Gasteiger partial charge in [0.2, 0.25) is 0 Å². The highest BCUT2D eigenvalue weighted by molar-refractivity contribution is 5.49. The van der Waals surface area contributed by atoms with Gasteiger partial charge >= 0.3 is 0 Å². The molecule has 1 heterocycles. The summed E-state index contributed by atoms with van der Waals surface area (Å²) in [6.45, 7) is 5.44. The van der Waals surface area contributed by atoms with Crippen molar-refractivity contribution in [1.29, 1.82) is 0 Å². The van der Waals surface area contributed by atoms with E-state index in [0.717, 1.165) is 5.56 Å². The van der Waals surface area contributed by atoms with Crippen LogP contribution < -0.4 is 0 Å². The minimum atomic E-state index is -0.645. The van der Waals surface area contributed by atoms with Crippen LogP contribution in [0.15, 0.2) is 36.4 Å². The molecule has 1 fully saturated rings. The van der Waals surface area contributed by atoms with E-state index in [1.165, 1.54) is 0 Å². The van der Waals surface area contributed by atoms with E-state index in [4.69, 9.17) is 9.47 Å². The van der Waals surface area contributed by atoms with Crippen molar-refractivity contribution in [3.05, 3.63) is 42.0 Å². The highest BCUT2D eigenvalue weighted by Gasteiger charge is 2.42. The van der Waals surface area contributed by atoms with Gasteiger partial charge in [0.15, 0.2) is 5.79 Å². The van der Waals surface area contributed by atoms with E-state index in [-0.39, 0.29) is 12.2 Å². The van der Waals surface area contributed by atoms with Crippen molar-refractivity contribution in [3.63, 3.8) is 0 Å². The SMILES string of the molecule is CC(O)[C@@H]1OC(C)(C)O[C@H]1/C=C/c1ccccc1. The lowest BCUT2D eigenvalue weighted by Gasteiger charge is -2.18. The number of ether oxygens (including phenoxy) is 2. The summed E-state index contributed by atoms with van der Waals surface area (Å²) in [7, 11) is 0. The summed E-state index contributed by atoms with van der Waals surface area (Å²) in [6, 6.07) is 10.0. The predicted molar refractivity (Wildman–Crippen MR) is 71.0 cm³/mol. The summed E-state index contributed by atoms with van der Waals surface area (Å²) in [4.78, 5) is 0. The highest BCUT2D eigenvalue weighted by Crippen LogP contribution is 2.30. The van der Waals surface area contributed by atoms with Crippen LogP contribution in [0.25, 0.3) is 6.08 Å². The zero-order valence-electron chi connectivity index (χ0n) is 11.0. The van der Waals surface area contributed by atoms with Crippen LogP contribution in [0.1, 0.15) is 26.3 Å². The smallest absolute Gasteiger partial charge is 0.164 e. The first kappa shape index (κ1) is 13.3. The molecule has 0 aliphatic carbocycles. The normalized spacial score (nSPS) is 28.7. The quantitative estimate of drug-likeness (QED) is 0.893. The fraction of sp³-hybridized carbons (Fsp3) is 0.467. The van der Waals surface area contributed by atoms with Crippen LogP contribution in [-0.2, 0) is 9.47 Å². The Morgan fingerprint density at radius 2 is 1.89 bits per heavy atom. The number of benzene rings is 1. The van der Waals surface area contributed by atoms with Crippen molar-refractivity contribution < 1.29 is 14.6 Å². The van der Waals surface area contributed by atoms with E-state index < -0.39 is 11.9 Å². The molecule has 2 rings (SSSR count). The molecule has 1 saturated heterocycles. The number of rotatable bonds is 3. The molecule has 0 bridgehead atoms. The molecule has 98 valence electrons. The number of aliphatic hydroxyl groups excluding tert-OH is 1. The molecular formula is C15H20O3. The Balaban J connectivity index is 2.10. The average Bonchev–Trinajstić information content (AvgIpc) is 2.64. The van der Waals surface area contributed by atoms with Gasteiger partial charge in [-0.1, -0.05) is 42.5 Å². The minimum Gasteiger partial charge on any atom is -0.391 e. The van der Waals surface area contributed by atoms with E-state index in [1.54, 1.807) is 6.92 Å². The first-order valence-corrected chi connectivity index (χ1v) is 6.25. The molecule has 1 aromatic carbocycles. The van der Waals surface area contributed by atoms with Gasteiger partial charge in [-0.15, -0.1) is 0 Å². The molecule has 1 unspecified atom stereocenters. The highest BCUT2D eigenvalue weighted by atomic mass is 16.8. The lowest BCUT2D eigenvalue weighted by atomic mass is 10.1. The maximum absolute atomic E-state index is 9.71. The molecule has 1 aromatic rings. The van der Waals surface area contributed by atoms with Gasteiger partial charge in [-0.05, 0) is 26.3 Å². The Morgan fingerprint density at radius 3 is 2.50 bits per heavy atom. The maximum atomic E-state index is 9.71. The molecule has 0 radical (unpaired) electrons. The molecular weight excluding hydrogens is 228 g/mol. The molecule has 18 heavy (non-hydrogen) atoms. The molecule has 0 aromatic heterocycles. The van der Waals surface area contributed by atoms with E-state index in [0.29, 0.717) is 0 Å². The van der Waals surface area contributed by atoms with Crippen LogP contribution in [0, 0.1) is 0 Å². The minimum absolute atomic E-state index is 0.222. The lowest BCUT2D eigenvalue weighted by molar-refractivity contribution is -0.152. The van der Waals surface area contributed by atoms with Gasteiger partial charge in [-0.2, -0.15) is 0 Å². The Kier molecular flexibility index (Phi) is 3.85. The third-order valence-electron chi connectivity index (χ3n) is 2.92. The van der Waals surface area contributed by atoms with Crippen molar-refractivity contribution in [2.45, 2.75) is 44.9 Å². The van der Waals surface area contributed by atoms with Gasteiger partial charge in [-0.25, -0.2) is 0 Å². The third kappa shape index (κ3) is 3.19. The van der Waals surface area contributed by atoms with Crippen LogP contribution in [-0.4, -0.2) is 29.2 Å². The van der Waals surface area contributed by atoms with E-state index >= 15 is 0 Å². The molecule has 3 nitrogen and oxygen atoms in total. The van der Waals surface area contributed by atoms with Crippen molar-refractivity contribution in [2.75, 3.05) is 0 Å². The second kappa shape index (κ2) is 5.22. The topological polar surface area (TPSA) is 38.7 Å². The standard InChI is InChI=1S/C15H20O3/c1-11(16)14-13(17-15(2,3)18-14)10-9-12-7-5-4-6-8-12/h4-11,13-14,16H,1-3H3/b10-9+/t11?,13-,14-/m0/s1. The molecule has 3 heteroatoms. The summed E-state index contributed by atoms with van der Waals surface area (Å²) in [6.07, 6.45) is 2.84. The first-order valence-electron chi connectivity index (χ1n) is 6.25. The Hall–Kier alpha value is -1.16. The summed E-state index contributed by atoms with van der Waals surface area (Å²) in [5.74, 6) is -0.645. The van der Waals surface area contributed by atoms with Gasteiger partial charge < -0.3 is 14.6 Å². The van der Waals surface area contributed by atoms with Gasteiger partial charge in [0.1, 0.15) is 12.2 Å². The fourth-order valence-corrected chi connectivity index (χ4v) is 2.11. The Morgan fingerprint density at radius 1 is 1.22 bits per heavy atom. The van der Waals surface area contributed by atoms with Gasteiger partial charge in [-0.3, -0.25) is 0 Å². The van der Waals surface area contributed by atoms with E-state index in [2.05, 4.69) is 0 Å². The Labute approximate surface area is 108 Å². The molecule has 3 atom stereocenters. The van der Waals surface area contributed by atoms with Crippen LogP contribution in [0.4, 0.5) is 0 Å². The molecule has 1 aliphatic heterocycles.